The Morgan fingerprint density at radius 2 is 2.00 bits per heavy atom. The van der Waals surface area contributed by atoms with E-state index in [9.17, 15) is 0 Å². The predicted octanol–water partition coefficient (Wildman–Crippen LogP) is 2.52. The third-order valence-corrected chi connectivity index (χ3v) is 3.85. The van der Waals surface area contributed by atoms with Crippen molar-refractivity contribution in [1.82, 2.24) is 14.9 Å². The largest absolute Gasteiger partial charge is 0.303 e. The Balaban J connectivity index is 1.72. The van der Waals surface area contributed by atoms with Crippen LogP contribution in [0.4, 0.5) is 0 Å². The lowest BCUT2D eigenvalue weighted by atomic mass is 9.94. The zero-order valence-corrected chi connectivity index (χ0v) is 12.1. The van der Waals surface area contributed by atoms with Crippen LogP contribution >= 0.6 is 15.9 Å². The number of rotatable bonds is 4. The van der Waals surface area contributed by atoms with Gasteiger partial charge in [0.15, 0.2) is 0 Å². The molecule has 1 fully saturated rings. The maximum Gasteiger partial charge on any atom is 0.129 e. The van der Waals surface area contributed by atoms with Gasteiger partial charge in [-0.15, -0.1) is 12.3 Å². The molecule has 4 heteroatoms. The highest BCUT2D eigenvalue weighted by Crippen LogP contribution is 2.19. The second-order valence-corrected chi connectivity index (χ2v) is 5.68. The summed E-state index contributed by atoms with van der Waals surface area (Å²) in [6.07, 6.45) is 13.3. The standard InChI is InChI=1S/C14H18BrN3/c1-2-3-12-4-7-18(8-5-12)9-6-14-16-10-13(15)11-17-14/h1,10-12H,3-9H2. The second kappa shape index (κ2) is 6.86. The number of hydrogen-bond donors (Lipinski definition) is 0. The normalized spacial score (nSPS) is 17.6. The van der Waals surface area contributed by atoms with Crippen LogP contribution < -0.4 is 0 Å². The van der Waals surface area contributed by atoms with E-state index in [0.29, 0.717) is 0 Å². The Morgan fingerprint density at radius 3 is 2.61 bits per heavy atom. The van der Waals surface area contributed by atoms with Crippen LogP contribution in [0.5, 0.6) is 0 Å². The van der Waals surface area contributed by atoms with E-state index in [4.69, 9.17) is 6.42 Å². The minimum Gasteiger partial charge on any atom is -0.303 e. The summed E-state index contributed by atoms with van der Waals surface area (Å²) in [6.45, 7) is 3.36. The number of likely N-dealkylation sites (tertiary alicyclic amines) is 1. The molecule has 18 heavy (non-hydrogen) atoms. The molecule has 0 aliphatic carbocycles. The molecule has 2 rings (SSSR count). The van der Waals surface area contributed by atoms with Crippen molar-refractivity contribution in [1.29, 1.82) is 0 Å². The van der Waals surface area contributed by atoms with Gasteiger partial charge in [0, 0.05) is 31.8 Å². The van der Waals surface area contributed by atoms with Gasteiger partial charge in [-0.1, -0.05) is 0 Å². The highest BCUT2D eigenvalue weighted by atomic mass is 79.9. The van der Waals surface area contributed by atoms with Gasteiger partial charge in [0.1, 0.15) is 5.82 Å². The zero-order chi connectivity index (χ0) is 12.8. The van der Waals surface area contributed by atoms with Gasteiger partial charge in [-0.25, -0.2) is 9.97 Å². The van der Waals surface area contributed by atoms with Crippen molar-refractivity contribution in [2.45, 2.75) is 25.7 Å². The third-order valence-electron chi connectivity index (χ3n) is 3.44. The van der Waals surface area contributed by atoms with Gasteiger partial charge < -0.3 is 4.90 Å². The Labute approximate surface area is 117 Å². The number of piperidine rings is 1. The molecular formula is C14H18BrN3. The first kappa shape index (κ1) is 13.5. The van der Waals surface area contributed by atoms with Gasteiger partial charge in [0.05, 0.1) is 4.47 Å². The molecule has 0 aromatic carbocycles. The maximum absolute atomic E-state index is 5.36. The second-order valence-electron chi connectivity index (χ2n) is 4.76. The fraction of sp³-hybridized carbons (Fsp3) is 0.571. The molecular weight excluding hydrogens is 290 g/mol. The van der Waals surface area contributed by atoms with E-state index in [-0.39, 0.29) is 0 Å². The van der Waals surface area contributed by atoms with Crippen LogP contribution in [0.15, 0.2) is 16.9 Å². The molecule has 0 bridgehead atoms. The van der Waals surface area contributed by atoms with Crippen LogP contribution in [0, 0.1) is 18.3 Å². The van der Waals surface area contributed by atoms with E-state index in [0.717, 1.165) is 48.7 Å². The molecule has 1 saturated heterocycles. The number of aromatic nitrogens is 2. The van der Waals surface area contributed by atoms with Crippen molar-refractivity contribution in [3.8, 4) is 12.3 Å². The van der Waals surface area contributed by atoms with E-state index >= 15 is 0 Å². The molecule has 0 spiro atoms. The molecule has 0 amide bonds. The summed E-state index contributed by atoms with van der Waals surface area (Å²) in [6, 6.07) is 0. The fourth-order valence-corrected chi connectivity index (χ4v) is 2.51. The molecule has 0 atom stereocenters. The molecule has 3 nitrogen and oxygen atoms in total. The highest BCUT2D eigenvalue weighted by Gasteiger charge is 2.18. The highest BCUT2D eigenvalue weighted by molar-refractivity contribution is 9.10. The Hall–Kier alpha value is -0.920. The first-order chi connectivity index (χ1) is 8.78. The lowest BCUT2D eigenvalue weighted by molar-refractivity contribution is 0.187. The average Bonchev–Trinajstić information content (AvgIpc) is 2.40. The van der Waals surface area contributed by atoms with Crippen LogP contribution in [-0.2, 0) is 6.42 Å². The SMILES string of the molecule is C#CCC1CCN(CCc2ncc(Br)cn2)CC1. The van der Waals surface area contributed by atoms with Gasteiger partial charge in [0.2, 0.25) is 0 Å². The van der Waals surface area contributed by atoms with Crippen molar-refractivity contribution in [3.63, 3.8) is 0 Å². The van der Waals surface area contributed by atoms with E-state index in [2.05, 4.69) is 36.7 Å². The first-order valence-electron chi connectivity index (χ1n) is 6.40. The van der Waals surface area contributed by atoms with Crippen molar-refractivity contribution in [2.75, 3.05) is 19.6 Å². The van der Waals surface area contributed by atoms with E-state index in [1.54, 1.807) is 0 Å². The van der Waals surface area contributed by atoms with Crippen LogP contribution in [-0.4, -0.2) is 34.5 Å². The maximum atomic E-state index is 5.36. The van der Waals surface area contributed by atoms with Crippen LogP contribution in [0.1, 0.15) is 25.1 Å². The van der Waals surface area contributed by atoms with Gasteiger partial charge in [-0.3, -0.25) is 0 Å². The summed E-state index contributed by atoms with van der Waals surface area (Å²) in [5.41, 5.74) is 0. The summed E-state index contributed by atoms with van der Waals surface area (Å²) in [7, 11) is 0. The van der Waals surface area contributed by atoms with Gasteiger partial charge in [-0.05, 0) is 47.8 Å². The van der Waals surface area contributed by atoms with Gasteiger partial charge >= 0.3 is 0 Å². The quantitative estimate of drug-likeness (QED) is 0.800. The van der Waals surface area contributed by atoms with Crippen molar-refractivity contribution in [2.24, 2.45) is 5.92 Å². The summed E-state index contributed by atoms with van der Waals surface area (Å²) >= 11 is 3.34. The molecule has 0 unspecified atom stereocenters. The molecule has 1 aliphatic rings. The number of terminal acetylenes is 1. The molecule has 1 aromatic heterocycles. The smallest absolute Gasteiger partial charge is 0.129 e. The molecule has 1 aromatic rings. The van der Waals surface area contributed by atoms with Crippen molar-refractivity contribution >= 4 is 15.9 Å². The Bertz CT molecular complexity index is 402. The third kappa shape index (κ3) is 4.08. The molecule has 0 radical (unpaired) electrons. The molecule has 1 aliphatic heterocycles. The summed E-state index contributed by atoms with van der Waals surface area (Å²) in [4.78, 5) is 11.1. The first-order valence-corrected chi connectivity index (χ1v) is 7.19. The van der Waals surface area contributed by atoms with Gasteiger partial charge in [-0.2, -0.15) is 0 Å². The summed E-state index contributed by atoms with van der Waals surface area (Å²) < 4.78 is 0.932. The Morgan fingerprint density at radius 1 is 1.33 bits per heavy atom. The van der Waals surface area contributed by atoms with E-state index in [1.165, 1.54) is 12.8 Å². The van der Waals surface area contributed by atoms with Crippen molar-refractivity contribution < 1.29 is 0 Å². The monoisotopic (exact) mass is 307 g/mol. The summed E-state index contributed by atoms with van der Waals surface area (Å²) in [5, 5.41) is 0. The predicted molar refractivity (Wildman–Crippen MR) is 76.1 cm³/mol. The van der Waals surface area contributed by atoms with Crippen LogP contribution in [0.3, 0.4) is 0 Å². The minimum atomic E-state index is 0.732. The minimum absolute atomic E-state index is 0.732. The molecule has 0 saturated carbocycles. The molecule has 96 valence electrons. The molecule has 0 N–H and O–H groups in total. The topological polar surface area (TPSA) is 29.0 Å². The van der Waals surface area contributed by atoms with Crippen molar-refractivity contribution in [3.05, 3.63) is 22.7 Å². The number of hydrogen-bond acceptors (Lipinski definition) is 3. The van der Waals surface area contributed by atoms with Crippen LogP contribution in [0.2, 0.25) is 0 Å². The fourth-order valence-electron chi connectivity index (χ4n) is 2.31. The van der Waals surface area contributed by atoms with Gasteiger partial charge in [0.25, 0.3) is 0 Å². The average molecular weight is 308 g/mol. The lowest BCUT2D eigenvalue weighted by Crippen LogP contribution is -2.35. The van der Waals surface area contributed by atoms with E-state index in [1.807, 2.05) is 12.4 Å². The summed E-state index contributed by atoms with van der Waals surface area (Å²) in [5.74, 6) is 4.42. The lowest BCUT2D eigenvalue weighted by Gasteiger charge is -2.30. The number of nitrogens with zero attached hydrogens (tertiary/aromatic N) is 3. The zero-order valence-electron chi connectivity index (χ0n) is 10.5. The van der Waals surface area contributed by atoms with E-state index < -0.39 is 0 Å². The molecule has 2 heterocycles. The van der Waals surface area contributed by atoms with Crippen LogP contribution in [0.25, 0.3) is 0 Å². The number of halogens is 1. The Kier molecular flexibility index (Phi) is 5.15.